The van der Waals surface area contributed by atoms with E-state index in [1.54, 1.807) is 0 Å². The van der Waals surface area contributed by atoms with Crippen molar-refractivity contribution in [1.29, 1.82) is 0 Å². The highest BCUT2D eigenvalue weighted by Crippen LogP contribution is 2.66. The van der Waals surface area contributed by atoms with Crippen LogP contribution in [0.15, 0.2) is 30.3 Å². The van der Waals surface area contributed by atoms with Gasteiger partial charge in [-0.3, -0.25) is 4.79 Å². The van der Waals surface area contributed by atoms with E-state index in [1.807, 2.05) is 19.9 Å². The van der Waals surface area contributed by atoms with E-state index in [9.17, 15) is 9.90 Å². The first kappa shape index (κ1) is 19.3. The minimum Gasteiger partial charge on any atom is -0.389 e. The lowest BCUT2D eigenvalue weighted by molar-refractivity contribution is -0.179. The summed E-state index contributed by atoms with van der Waals surface area (Å²) in [6.45, 7) is 6.02. The van der Waals surface area contributed by atoms with Crippen molar-refractivity contribution in [2.45, 2.75) is 69.3 Å². The molecule has 4 fully saturated rings. The maximum absolute atomic E-state index is 12.3. The highest BCUT2D eigenvalue weighted by atomic mass is 35.5. The molecular weight excluding hydrogens is 358 g/mol. The minimum atomic E-state index is -0.742. The molecule has 4 heteroatoms. The monoisotopic (exact) mass is 389 g/mol. The lowest BCUT2D eigenvalue weighted by Crippen LogP contribution is -2.64. The van der Waals surface area contributed by atoms with Crippen LogP contribution in [0, 0.1) is 29.1 Å². The van der Waals surface area contributed by atoms with Crippen LogP contribution in [-0.4, -0.2) is 21.5 Å². The molecule has 27 heavy (non-hydrogen) atoms. The van der Waals surface area contributed by atoms with Crippen molar-refractivity contribution in [2.75, 3.05) is 0 Å². The van der Waals surface area contributed by atoms with Gasteiger partial charge in [0.2, 0.25) is 5.91 Å². The zero-order chi connectivity index (χ0) is 19.6. The normalized spacial score (nSPS) is 40.0. The van der Waals surface area contributed by atoms with E-state index in [2.05, 4.69) is 31.2 Å². The number of amides is 1. The summed E-state index contributed by atoms with van der Waals surface area (Å²) < 4.78 is 0. The molecule has 5 rings (SSSR count). The average Bonchev–Trinajstić information content (AvgIpc) is 2.56. The molecule has 4 bridgehead atoms. The number of nitrogens with two attached hydrogens (primary N) is 1. The highest BCUT2D eigenvalue weighted by Gasteiger charge is 2.64. The van der Waals surface area contributed by atoms with E-state index in [0.29, 0.717) is 18.3 Å². The largest absolute Gasteiger partial charge is 0.389 e. The van der Waals surface area contributed by atoms with Crippen LogP contribution in [0.2, 0.25) is 0 Å². The van der Waals surface area contributed by atoms with Crippen molar-refractivity contribution in [3.8, 4) is 0 Å². The van der Waals surface area contributed by atoms with E-state index in [-0.39, 0.29) is 28.5 Å². The Kier molecular flexibility index (Phi) is 4.44. The van der Waals surface area contributed by atoms with Gasteiger partial charge in [-0.2, -0.15) is 0 Å². The Balaban J connectivity index is 1.79. The Morgan fingerprint density at radius 2 is 1.93 bits per heavy atom. The summed E-state index contributed by atoms with van der Waals surface area (Å²) >= 11 is 6.92. The van der Waals surface area contributed by atoms with Crippen molar-refractivity contribution in [3.05, 3.63) is 35.9 Å². The minimum absolute atomic E-state index is 0.0234. The molecule has 0 heterocycles. The number of aliphatic hydroxyl groups is 1. The van der Waals surface area contributed by atoms with E-state index in [4.69, 9.17) is 17.3 Å². The first-order valence-corrected chi connectivity index (χ1v) is 10.7. The van der Waals surface area contributed by atoms with Gasteiger partial charge in [-0.15, -0.1) is 11.6 Å². The van der Waals surface area contributed by atoms with Gasteiger partial charge in [0.05, 0.1) is 5.60 Å². The van der Waals surface area contributed by atoms with E-state index < -0.39 is 11.0 Å². The average molecular weight is 390 g/mol. The summed E-state index contributed by atoms with van der Waals surface area (Å²) in [5.74, 6) is 0.897. The molecule has 0 aromatic heterocycles. The fourth-order valence-electron chi connectivity index (χ4n) is 6.84. The van der Waals surface area contributed by atoms with Crippen LogP contribution in [-0.2, 0) is 4.79 Å². The van der Waals surface area contributed by atoms with Crippen molar-refractivity contribution >= 4 is 17.5 Å². The second kappa shape index (κ2) is 6.22. The van der Waals surface area contributed by atoms with Crippen molar-refractivity contribution in [3.63, 3.8) is 0 Å². The molecular formula is C23H32ClNO2. The Bertz CT molecular complexity index is 735. The summed E-state index contributed by atoms with van der Waals surface area (Å²) in [6.07, 6.45) is 4.68. The quantitative estimate of drug-likeness (QED) is 0.730. The molecule has 7 atom stereocenters. The van der Waals surface area contributed by atoms with Crippen LogP contribution < -0.4 is 5.73 Å². The van der Waals surface area contributed by atoms with Crippen LogP contribution in [0.25, 0.3) is 0 Å². The fraction of sp³-hybridized carbons (Fsp3) is 0.696. The van der Waals surface area contributed by atoms with Gasteiger partial charge < -0.3 is 10.8 Å². The van der Waals surface area contributed by atoms with Gasteiger partial charge in [0.15, 0.2) is 0 Å². The van der Waals surface area contributed by atoms with Gasteiger partial charge >= 0.3 is 0 Å². The summed E-state index contributed by atoms with van der Waals surface area (Å²) in [6, 6.07) is 10.4. The predicted octanol–water partition coefficient (Wildman–Crippen LogP) is 4.47. The Morgan fingerprint density at radius 1 is 1.26 bits per heavy atom. The number of carbonyl (C=O) groups excluding carboxylic acids is 1. The number of benzene rings is 1. The number of alkyl halides is 1. The topological polar surface area (TPSA) is 63.3 Å². The summed E-state index contributed by atoms with van der Waals surface area (Å²) in [5.41, 5.74) is 5.61. The fourth-order valence-corrected chi connectivity index (χ4v) is 7.48. The molecule has 1 amide bonds. The molecule has 0 saturated heterocycles. The van der Waals surface area contributed by atoms with Gasteiger partial charge in [-0.1, -0.05) is 51.1 Å². The van der Waals surface area contributed by atoms with Crippen molar-refractivity contribution in [1.82, 2.24) is 0 Å². The van der Waals surface area contributed by atoms with Crippen molar-refractivity contribution in [2.24, 2.45) is 34.8 Å². The third-order valence-corrected chi connectivity index (χ3v) is 8.64. The molecule has 1 aromatic rings. The summed E-state index contributed by atoms with van der Waals surface area (Å²) in [7, 11) is 0. The smallest absolute Gasteiger partial charge is 0.223 e. The Labute approximate surface area is 167 Å². The third-order valence-electron chi connectivity index (χ3n) is 8.20. The zero-order valence-corrected chi connectivity index (χ0v) is 17.4. The lowest BCUT2D eigenvalue weighted by Gasteiger charge is -2.64. The van der Waals surface area contributed by atoms with Gasteiger partial charge in [-0.25, -0.2) is 0 Å². The number of carbonyl (C=O) groups is 1. The molecule has 1 aromatic carbocycles. The van der Waals surface area contributed by atoms with Crippen LogP contribution in [0.4, 0.5) is 0 Å². The van der Waals surface area contributed by atoms with Crippen molar-refractivity contribution < 1.29 is 9.90 Å². The number of hydrogen-bond donors (Lipinski definition) is 2. The standard InChI is InChI=1S/C23H32ClNO2/c1-14(21(2,3)20(25)26)18(16-7-5-4-6-8-16)19-17-9-15-10-22(24,12-17)13-23(19,27)11-15/h4-8,14-15,17-19,27H,9-13H2,1-3H3,(H2,25,26)/t14?,15-,17+,18+,19-,22+,23+/m1/s1. The molecule has 4 aliphatic carbocycles. The van der Waals surface area contributed by atoms with E-state index >= 15 is 0 Å². The molecule has 0 spiro atoms. The number of primary amides is 1. The van der Waals surface area contributed by atoms with Crippen LogP contribution >= 0.6 is 11.6 Å². The third kappa shape index (κ3) is 3.02. The maximum atomic E-state index is 12.3. The van der Waals surface area contributed by atoms with Crippen LogP contribution in [0.1, 0.15) is 64.4 Å². The molecule has 148 valence electrons. The molecule has 1 unspecified atom stereocenters. The predicted molar refractivity (Wildman–Crippen MR) is 108 cm³/mol. The van der Waals surface area contributed by atoms with Crippen LogP contribution in [0.3, 0.4) is 0 Å². The first-order chi connectivity index (χ1) is 12.6. The van der Waals surface area contributed by atoms with E-state index in [1.165, 1.54) is 5.56 Å². The molecule has 3 N–H and O–H groups in total. The van der Waals surface area contributed by atoms with Gasteiger partial charge in [0, 0.05) is 10.3 Å². The number of halogens is 1. The maximum Gasteiger partial charge on any atom is 0.223 e. The molecule has 0 aliphatic heterocycles. The summed E-state index contributed by atoms with van der Waals surface area (Å²) in [5, 5.41) is 11.8. The van der Waals surface area contributed by atoms with Crippen LogP contribution in [0.5, 0.6) is 0 Å². The summed E-state index contributed by atoms with van der Waals surface area (Å²) in [4.78, 5) is 12.0. The molecule has 4 saturated carbocycles. The van der Waals surface area contributed by atoms with E-state index in [0.717, 1.165) is 25.7 Å². The van der Waals surface area contributed by atoms with Gasteiger partial charge in [-0.05, 0) is 67.3 Å². The Morgan fingerprint density at radius 3 is 2.48 bits per heavy atom. The number of hydrogen-bond acceptors (Lipinski definition) is 2. The second-order valence-electron chi connectivity index (χ2n) is 10.2. The van der Waals surface area contributed by atoms with Gasteiger partial charge in [0.1, 0.15) is 0 Å². The number of rotatable bonds is 5. The molecule has 4 aliphatic rings. The highest BCUT2D eigenvalue weighted by molar-refractivity contribution is 6.24. The molecule has 3 nitrogen and oxygen atoms in total. The Hall–Kier alpha value is -1.06. The lowest BCUT2D eigenvalue weighted by atomic mass is 9.45. The first-order valence-electron chi connectivity index (χ1n) is 10.3. The SMILES string of the molecule is CC([C@@H](c1ccccc1)[C@H]1[C@H]2C[C@@H]3C[C@](Cl)(C2)C[C@@]1(O)C3)C(C)(C)C(N)=O. The zero-order valence-electron chi connectivity index (χ0n) is 16.6. The second-order valence-corrected chi connectivity index (χ2v) is 11.0. The van der Waals surface area contributed by atoms with Gasteiger partial charge in [0.25, 0.3) is 0 Å². The molecule has 0 radical (unpaired) electrons.